The van der Waals surface area contributed by atoms with Gasteiger partial charge in [-0.1, -0.05) is 74.0 Å². The van der Waals surface area contributed by atoms with Crippen LogP contribution < -0.4 is 5.32 Å². The molecule has 3 aromatic carbocycles. The first-order valence-corrected chi connectivity index (χ1v) is 15.8. The van der Waals surface area contributed by atoms with Crippen LogP contribution in [0, 0.1) is 6.92 Å². The number of carboxylic acid groups (broad SMARTS) is 1. The van der Waals surface area contributed by atoms with Crippen molar-refractivity contribution in [2.45, 2.75) is 77.0 Å². The molecule has 0 saturated carbocycles. The number of aliphatic carboxylic acids is 1. The van der Waals surface area contributed by atoms with Crippen LogP contribution in [-0.4, -0.2) is 52.0 Å². The molecule has 1 amide bonds. The Bertz CT molecular complexity index is 1280. The highest BCUT2D eigenvalue weighted by Gasteiger charge is 2.33. The lowest BCUT2D eigenvalue weighted by molar-refractivity contribution is -0.139. The molecule has 0 spiro atoms. The highest BCUT2D eigenvalue weighted by molar-refractivity contribution is 7.98. The van der Waals surface area contributed by atoms with Gasteiger partial charge in [0.15, 0.2) is 0 Å². The quantitative estimate of drug-likeness (QED) is 0.237. The molecular weight excluding hydrogens is 516 g/mol. The molecule has 3 aromatic rings. The first-order valence-electron chi connectivity index (χ1n) is 14.4. The number of thioether (sulfide) groups is 1. The van der Waals surface area contributed by atoms with Crippen molar-refractivity contribution >= 4 is 23.6 Å². The SMILES string of the molecule is CCCC1CCC(Cc2ccccc2)N1Cc1ccc(C(=O)NC(CCSC)C(=O)O)c(-c2ccccc2C)c1. The van der Waals surface area contributed by atoms with Crippen LogP contribution in [0.4, 0.5) is 0 Å². The smallest absolute Gasteiger partial charge is 0.326 e. The zero-order valence-corrected chi connectivity index (χ0v) is 24.8. The molecule has 40 heavy (non-hydrogen) atoms. The van der Waals surface area contributed by atoms with Gasteiger partial charge in [0.25, 0.3) is 5.91 Å². The first kappa shape index (κ1) is 29.9. The highest BCUT2D eigenvalue weighted by atomic mass is 32.2. The number of nitrogens with one attached hydrogen (secondary N) is 1. The minimum Gasteiger partial charge on any atom is -0.480 e. The second-order valence-corrected chi connectivity index (χ2v) is 11.9. The molecule has 0 aromatic heterocycles. The Hall–Kier alpha value is -3.09. The molecule has 0 bridgehead atoms. The Morgan fingerprint density at radius 2 is 1.70 bits per heavy atom. The van der Waals surface area contributed by atoms with Gasteiger partial charge in [0.2, 0.25) is 0 Å². The summed E-state index contributed by atoms with van der Waals surface area (Å²) in [6, 6.07) is 25.0. The van der Waals surface area contributed by atoms with Gasteiger partial charge < -0.3 is 10.4 Å². The minimum absolute atomic E-state index is 0.342. The molecule has 6 heteroatoms. The molecule has 3 unspecified atom stereocenters. The van der Waals surface area contributed by atoms with Crippen LogP contribution in [0.2, 0.25) is 0 Å². The predicted molar refractivity (Wildman–Crippen MR) is 166 cm³/mol. The van der Waals surface area contributed by atoms with Crippen LogP contribution in [0.5, 0.6) is 0 Å². The van der Waals surface area contributed by atoms with Crippen LogP contribution in [0.15, 0.2) is 72.8 Å². The lowest BCUT2D eigenvalue weighted by atomic mass is 9.93. The van der Waals surface area contributed by atoms with Crippen molar-refractivity contribution in [2.75, 3.05) is 12.0 Å². The third kappa shape index (κ3) is 7.55. The summed E-state index contributed by atoms with van der Waals surface area (Å²) in [4.78, 5) is 28.0. The molecule has 0 radical (unpaired) electrons. The van der Waals surface area contributed by atoms with E-state index in [1.165, 1.54) is 30.4 Å². The zero-order valence-electron chi connectivity index (χ0n) is 23.9. The highest BCUT2D eigenvalue weighted by Crippen LogP contribution is 2.33. The van der Waals surface area contributed by atoms with Crippen LogP contribution >= 0.6 is 11.8 Å². The lowest BCUT2D eigenvalue weighted by Gasteiger charge is -2.31. The van der Waals surface area contributed by atoms with Crippen LogP contribution in [0.3, 0.4) is 0 Å². The van der Waals surface area contributed by atoms with Gasteiger partial charge in [-0.15, -0.1) is 0 Å². The lowest BCUT2D eigenvalue weighted by Crippen LogP contribution is -2.41. The van der Waals surface area contributed by atoms with Gasteiger partial charge in [0.1, 0.15) is 6.04 Å². The van der Waals surface area contributed by atoms with E-state index in [-0.39, 0.29) is 5.91 Å². The molecule has 4 rings (SSSR count). The molecule has 1 aliphatic rings. The van der Waals surface area contributed by atoms with Crippen LogP contribution in [0.25, 0.3) is 11.1 Å². The van der Waals surface area contributed by atoms with Gasteiger partial charge in [-0.2, -0.15) is 11.8 Å². The molecule has 1 aliphatic heterocycles. The van der Waals surface area contributed by atoms with Crippen molar-refractivity contribution in [1.82, 2.24) is 10.2 Å². The number of hydrogen-bond donors (Lipinski definition) is 2. The van der Waals surface area contributed by atoms with Crippen molar-refractivity contribution in [1.29, 1.82) is 0 Å². The summed E-state index contributed by atoms with van der Waals surface area (Å²) in [5.74, 6) is -0.679. The van der Waals surface area contributed by atoms with Gasteiger partial charge in [0, 0.05) is 24.2 Å². The van der Waals surface area contributed by atoms with E-state index in [2.05, 4.69) is 72.6 Å². The van der Waals surface area contributed by atoms with E-state index in [1.807, 2.05) is 30.5 Å². The van der Waals surface area contributed by atoms with Crippen LogP contribution in [0.1, 0.15) is 66.1 Å². The number of carbonyl (C=O) groups is 2. The Morgan fingerprint density at radius 1 is 0.975 bits per heavy atom. The second-order valence-electron chi connectivity index (χ2n) is 10.9. The molecule has 212 valence electrons. The monoisotopic (exact) mass is 558 g/mol. The van der Waals surface area contributed by atoms with E-state index in [0.29, 0.717) is 29.8 Å². The third-order valence-electron chi connectivity index (χ3n) is 8.05. The topological polar surface area (TPSA) is 69.6 Å². The summed E-state index contributed by atoms with van der Waals surface area (Å²) in [6.07, 6.45) is 8.11. The zero-order chi connectivity index (χ0) is 28.5. The van der Waals surface area contributed by atoms with Crippen molar-refractivity contribution in [3.63, 3.8) is 0 Å². The largest absolute Gasteiger partial charge is 0.480 e. The maximum atomic E-state index is 13.5. The van der Waals surface area contributed by atoms with Crippen LogP contribution in [-0.2, 0) is 17.8 Å². The fourth-order valence-electron chi connectivity index (χ4n) is 5.95. The second kappa shape index (κ2) is 14.5. The number of amides is 1. The van der Waals surface area contributed by atoms with E-state index in [0.717, 1.165) is 36.1 Å². The molecule has 1 saturated heterocycles. The van der Waals surface area contributed by atoms with Crippen molar-refractivity contribution in [2.24, 2.45) is 0 Å². The van der Waals surface area contributed by atoms with Gasteiger partial charge in [0.05, 0.1) is 0 Å². The van der Waals surface area contributed by atoms with Gasteiger partial charge >= 0.3 is 5.97 Å². The summed E-state index contributed by atoms with van der Waals surface area (Å²) in [5.41, 5.74) is 5.99. The number of aryl methyl sites for hydroxylation is 1. The average Bonchev–Trinajstić information content (AvgIpc) is 3.32. The Kier molecular flexibility index (Phi) is 10.8. The summed E-state index contributed by atoms with van der Waals surface area (Å²) >= 11 is 1.57. The predicted octanol–water partition coefficient (Wildman–Crippen LogP) is 6.97. The number of carboxylic acids is 1. The van der Waals surface area contributed by atoms with E-state index in [9.17, 15) is 14.7 Å². The van der Waals surface area contributed by atoms with Gasteiger partial charge in [-0.05, 0) is 91.0 Å². The average molecular weight is 559 g/mol. The number of likely N-dealkylation sites (tertiary alicyclic amines) is 1. The Labute approximate surface area is 243 Å². The molecule has 0 aliphatic carbocycles. The molecule has 5 nitrogen and oxygen atoms in total. The number of hydrogen-bond acceptors (Lipinski definition) is 4. The summed E-state index contributed by atoms with van der Waals surface area (Å²) in [6.45, 7) is 5.14. The maximum Gasteiger partial charge on any atom is 0.326 e. The Balaban J connectivity index is 1.65. The minimum atomic E-state index is -1.00. The summed E-state index contributed by atoms with van der Waals surface area (Å²) in [5, 5.41) is 12.5. The third-order valence-corrected chi connectivity index (χ3v) is 8.69. The first-order chi connectivity index (χ1) is 19.4. The number of nitrogens with zero attached hydrogens (tertiary/aromatic N) is 1. The molecular formula is C34H42N2O3S. The van der Waals surface area contributed by atoms with Crippen molar-refractivity contribution < 1.29 is 14.7 Å². The van der Waals surface area contributed by atoms with E-state index in [1.54, 1.807) is 11.8 Å². The normalized spacial score (nSPS) is 18.0. The maximum absolute atomic E-state index is 13.5. The fourth-order valence-corrected chi connectivity index (χ4v) is 6.42. The van der Waals surface area contributed by atoms with Crippen molar-refractivity contribution in [3.8, 4) is 11.1 Å². The fraction of sp³-hybridized carbons (Fsp3) is 0.412. The molecule has 1 heterocycles. The standard InChI is InChI=1S/C34H42N2O3S/c1-4-10-27-16-17-28(21-25-12-6-5-7-13-25)36(27)23-26-15-18-30(31(22-26)29-14-9-8-11-24(29)2)33(37)35-32(34(38)39)19-20-40-3/h5-9,11-15,18,22,27-28,32H,4,10,16-17,19-21,23H2,1-3H3,(H,35,37)(H,38,39). The van der Waals surface area contributed by atoms with Crippen molar-refractivity contribution in [3.05, 3.63) is 95.1 Å². The van der Waals surface area contributed by atoms with E-state index < -0.39 is 12.0 Å². The Morgan fingerprint density at radius 3 is 2.40 bits per heavy atom. The number of carbonyl (C=O) groups excluding carboxylic acids is 1. The molecule has 2 N–H and O–H groups in total. The van der Waals surface area contributed by atoms with Gasteiger partial charge in [-0.25, -0.2) is 4.79 Å². The molecule has 3 atom stereocenters. The summed E-state index contributed by atoms with van der Waals surface area (Å²) in [7, 11) is 0. The van der Waals surface area contributed by atoms with Gasteiger partial charge in [-0.3, -0.25) is 9.69 Å². The van der Waals surface area contributed by atoms with E-state index >= 15 is 0 Å². The van der Waals surface area contributed by atoms with E-state index in [4.69, 9.17) is 0 Å². The molecule has 1 fully saturated rings. The number of benzene rings is 3. The summed E-state index contributed by atoms with van der Waals surface area (Å²) < 4.78 is 0. The number of rotatable bonds is 13.